The van der Waals surface area contributed by atoms with Crippen LogP contribution in [0.5, 0.6) is 5.75 Å². The van der Waals surface area contributed by atoms with Crippen molar-refractivity contribution >= 4 is 22.3 Å². The summed E-state index contributed by atoms with van der Waals surface area (Å²) in [5, 5.41) is 17.6. The predicted molar refractivity (Wildman–Crippen MR) is 85.9 cm³/mol. The Labute approximate surface area is 140 Å². The molecule has 3 aromatic rings. The summed E-state index contributed by atoms with van der Waals surface area (Å²) in [4.78, 5) is 0. The lowest BCUT2D eigenvalue weighted by Crippen LogP contribution is -2.15. The highest BCUT2D eigenvalue weighted by Gasteiger charge is 2.12. The first-order valence-electron chi connectivity index (χ1n) is 6.88. The topological polar surface area (TPSA) is 116 Å². The number of fused-ring (bicyclic) bond motifs is 1. The number of benzene rings is 2. The molecule has 0 bridgehead atoms. The lowest BCUT2D eigenvalue weighted by atomic mass is 10.1. The van der Waals surface area contributed by atoms with Crippen LogP contribution in [0.15, 0.2) is 36.4 Å². The minimum atomic E-state index is -2.35. The Kier molecular flexibility index (Phi) is 4.52. The standard InChI is InChI=1S/C15H13N5O3S/c1-23-12-3-5-15-13(7-12)18-19-20(15)14-4-2-10(6-11(14)8-16)9-17-24(21)22/h2-7,17H,9H2,1H3,(H,21,22)/p-1. The molecule has 9 heteroatoms. The molecule has 0 saturated heterocycles. The summed E-state index contributed by atoms with van der Waals surface area (Å²) in [5.74, 6) is 0.669. The highest BCUT2D eigenvalue weighted by Crippen LogP contribution is 2.23. The number of nitrogens with zero attached hydrogens (tertiary/aromatic N) is 4. The van der Waals surface area contributed by atoms with E-state index < -0.39 is 11.3 Å². The van der Waals surface area contributed by atoms with E-state index in [0.29, 0.717) is 28.1 Å². The molecular weight excluding hydrogens is 330 g/mol. The van der Waals surface area contributed by atoms with E-state index in [4.69, 9.17) is 4.74 Å². The second-order valence-electron chi connectivity index (χ2n) is 4.88. The molecule has 0 radical (unpaired) electrons. The van der Waals surface area contributed by atoms with Gasteiger partial charge in [0.15, 0.2) is 0 Å². The van der Waals surface area contributed by atoms with Crippen LogP contribution in [0.1, 0.15) is 11.1 Å². The molecule has 0 aliphatic rings. The van der Waals surface area contributed by atoms with Gasteiger partial charge in [-0.25, -0.2) is 9.40 Å². The lowest BCUT2D eigenvalue weighted by molar-refractivity contribution is 0.415. The molecule has 0 spiro atoms. The second-order valence-corrected chi connectivity index (χ2v) is 5.63. The van der Waals surface area contributed by atoms with Gasteiger partial charge in [0.05, 0.1) is 23.9 Å². The van der Waals surface area contributed by atoms with Crippen LogP contribution in [0, 0.1) is 11.3 Å². The monoisotopic (exact) mass is 342 g/mol. The van der Waals surface area contributed by atoms with Crippen molar-refractivity contribution in [1.29, 1.82) is 5.26 Å². The molecule has 3 rings (SSSR count). The van der Waals surface area contributed by atoms with Crippen molar-refractivity contribution in [2.24, 2.45) is 0 Å². The van der Waals surface area contributed by atoms with Gasteiger partial charge < -0.3 is 9.29 Å². The van der Waals surface area contributed by atoms with Gasteiger partial charge in [0, 0.05) is 23.9 Å². The molecule has 0 saturated carbocycles. The zero-order valence-corrected chi connectivity index (χ0v) is 13.4. The number of aromatic nitrogens is 3. The van der Waals surface area contributed by atoms with Gasteiger partial charge in [0.1, 0.15) is 17.3 Å². The van der Waals surface area contributed by atoms with E-state index >= 15 is 0 Å². The highest BCUT2D eigenvalue weighted by molar-refractivity contribution is 7.77. The molecular formula is C15H12N5O3S-. The first-order valence-corrected chi connectivity index (χ1v) is 7.95. The largest absolute Gasteiger partial charge is 0.760 e. The summed E-state index contributed by atoms with van der Waals surface area (Å²) in [6, 6.07) is 12.5. The number of ether oxygens (including phenoxy) is 1. The van der Waals surface area contributed by atoms with E-state index in [1.54, 1.807) is 42.1 Å². The minimum Gasteiger partial charge on any atom is -0.760 e. The molecule has 0 amide bonds. The quantitative estimate of drug-likeness (QED) is 0.696. The molecule has 1 atom stereocenters. The average molecular weight is 342 g/mol. The fourth-order valence-corrected chi connectivity index (χ4v) is 2.60. The first kappa shape index (κ1) is 16.1. The lowest BCUT2D eigenvalue weighted by Gasteiger charge is -2.10. The Hall–Kier alpha value is -2.80. The van der Waals surface area contributed by atoms with E-state index in [2.05, 4.69) is 21.1 Å². The predicted octanol–water partition coefficient (Wildman–Crippen LogP) is 1.18. The van der Waals surface area contributed by atoms with Crippen molar-refractivity contribution in [1.82, 2.24) is 19.7 Å². The van der Waals surface area contributed by atoms with Gasteiger partial charge in [0.25, 0.3) is 0 Å². The van der Waals surface area contributed by atoms with Crippen molar-refractivity contribution in [3.63, 3.8) is 0 Å². The van der Waals surface area contributed by atoms with E-state index in [9.17, 15) is 14.0 Å². The molecule has 122 valence electrons. The molecule has 1 unspecified atom stereocenters. The van der Waals surface area contributed by atoms with Crippen LogP contribution in [-0.2, 0) is 17.8 Å². The first-order chi connectivity index (χ1) is 11.6. The van der Waals surface area contributed by atoms with Crippen molar-refractivity contribution in [2.75, 3.05) is 7.11 Å². The molecule has 8 nitrogen and oxygen atoms in total. The van der Waals surface area contributed by atoms with Crippen LogP contribution in [-0.4, -0.2) is 30.9 Å². The van der Waals surface area contributed by atoms with E-state index in [1.807, 2.05) is 6.07 Å². The van der Waals surface area contributed by atoms with Crippen molar-refractivity contribution < 1.29 is 13.5 Å². The maximum atomic E-state index is 10.6. The SMILES string of the molecule is COc1ccc2c(c1)nnn2-c1ccc(CNS(=O)[O-])cc1C#N. The van der Waals surface area contributed by atoms with Crippen LogP contribution in [0.3, 0.4) is 0 Å². The molecule has 1 aromatic heterocycles. The molecule has 0 aliphatic carbocycles. The fourth-order valence-electron chi connectivity index (χ4n) is 2.32. The summed E-state index contributed by atoms with van der Waals surface area (Å²) in [5.41, 5.74) is 2.99. The molecule has 2 aromatic carbocycles. The Morgan fingerprint density at radius 3 is 2.92 bits per heavy atom. The van der Waals surface area contributed by atoms with E-state index in [0.717, 1.165) is 5.52 Å². The summed E-state index contributed by atoms with van der Waals surface area (Å²) < 4.78 is 30.1. The van der Waals surface area contributed by atoms with Gasteiger partial charge in [-0.05, 0) is 29.8 Å². The molecule has 0 fully saturated rings. The van der Waals surface area contributed by atoms with Gasteiger partial charge >= 0.3 is 0 Å². The fraction of sp³-hybridized carbons (Fsp3) is 0.133. The molecule has 0 aliphatic heterocycles. The third kappa shape index (κ3) is 3.11. The number of hydrogen-bond donors (Lipinski definition) is 1. The van der Waals surface area contributed by atoms with Gasteiger partial charge in [-0.15, -0.1) is 5.10 Å². The Morgan fingerprint density at radius 2 is 2.21 bits per heavy atom. The maximum Gasteiger partial charge on any atom is 0.121 e. The van der Waals surface area contributed by atoms with Crippen LogP contribution >= 0.6 is 0 Å². The second kappa shape index (κ2) is 6.76. The average Bonchev–Trinajstić information content (AvgIpc) is 3.02. The van der Waals surface area contributed by atoms with Crippen LogP contribution in [0.2, 0.25) is 0 Å². The van der Waals surface area contributed by atoms with Crippen LogP contribution in [0.4, 0.5) is 0 Å². The summed E-state index contributed by atoms with van der Waals surface area (Å²) in [6.07, 6.45) is 0. The molecule has 24 heavy (non-hydrogen) atoms. The van der Waals surface area contributed by atoms with Crippen LogP contribution in [0.25, 0.3) is 16.7 Å². The minimum absolute atomic E-state index is 0.111. The number of hydrogen-bond acceptors (Lipinski definition) is 6. The Morgan fingerprint density at radius 1 is 1.38 bits per heavy atom. The van der Waals surface area contributed by atoms with Crippen molar-refractivity contribution in [3.8, 4) is 17.5 Å². The van der Waals surface area contributed by atoms with Gasteiger partial charge in [0.2, 0.25) is 0 Å². The van der Waals surface area contributed by atoms with Crippen LogP contribution < -0.4 is 9.46 Å². The number of rotatable bonds is 5. The number of nitrogens with one attached hydrogen (secondary N) is 1. The van der Waals surface area contributed by atoms with E-state index in [1.165, 1.54) is 0 Å². The molecule has 1 heterocycles. The maximum absolute atomic E-state index is 10.6. The van der Waals surface area contributed by atoms with Gasteiger partial charge in [-0.1, -0.05) is 11.3 Å². The third-order valence-electron chi connectivity index (χ3n) is 3.46. The summed E-state index contributed by atoms with van der Waals surface area (Å²) in [6.45, 7) is 0.111. The summed E-state index contributed by atoms with van der Waals surface area (Å²) >= 11 is -2.35. The number of methoxy groups -OCH3 is 1. The zero-order valence-electron chi connectivity index (χ0n) is 12.6. The van der Waals surface area contributed by atoms with Crippen molar-refractivity contribution in [3.05, 3.63) is 47.5 Å². The normalized spacial score (nSPS) is 12.0. The third-order valence-corrected chi connectivity index (χ3v) is 3.84. The van der Waals surface area contributed by atoms with Crippen molar-refractivity contribution in [2.45, 2.75) is 6.54 Å². The summed E-state index contributed by atoms with van der Waals surface area (Å²) in [7, 11) is 1.57. The molecule has 1 N–H and O–H groups in total. The smallest absolute Gasteiger partial charge is 0.121 e. The Bertz CT molecular complexity index is 963. The Balaban J connectivity index is 2.03. The highest BCUT2D eigenvalue weighted by atomic mass is 32.2. The van der Waals surface area contributed by atoms with Gasteiger partial charge in [-0.2, -0.15) is 5.26 Å². The van der Waals surface area contributed by atoms with E-state index in [-0.39, 0.29) is 6.54 Å². The zero-order chi connectivity index (χ0) is 17.1. The van der Waals surface area contributed by atoms with Gasteiger partial charge in [-0.3, -0.25) is 4.21 Å². The number of nitriles is 1.